The lowest BCUT2D eigenvalue weighted by Gasteiger charge is -2.14. The van der Waals surface area contributed by atoms with Gasteiger partial charge in [-0.3, -0.25) is 0 Å². The highest BCUT2D eigenvalue weighted by atomic mass is 32.1. The summed E-state index contributed by atoms with van der Waals surface area (Å²) < 4.78 is 13.5. The number of benzene rings is 2. The average molecular weight is 409 g/mol. The van der Waals surface area contributed by atoms with Gasteiger partial charge in [-0.2, -0.15) is 0 Å². The number of thiazole rings is 1. The molecule has 1 fully saturated rings. The highest BCUT2D eigenvalue weighted by Crippen LogP contribution is 2.25. The molecule has 2 aromatic carbocycles. The molecule has 5 heteroatoms. The van der Waals surface area contributed by atoms with Crippen LogP contribution in [0.5, 0.6) is 5.75 Å². The van der Waals surface area contributed by atoms with Crippen LogP contribution in [0, 0.1) is 0 Å². The van der Waals surface area contributed by atoms with Gasteiger partial charge in [-0.1, -0.05) is 26.0 Å². The third-order valence-corrected chi connectivity index (χ3v) is 6.24. The van der Waals surface area contributed by atoms with Gasteiger partial charge < -0.3 is 14.0 Å². The molecule has 0 N–H and O–H groups in total. The molecule has 2 heterocycles. The molecule has 29 heavy (non-hydrogen) atoms. The Morgan fingerprint density at radius 1 is 1.14 bits per heavy atom. The van der Waals surface area contributed by atoms with Gasteiger partial charge in [0.1, 0.15) is 5.75 Å². The molecule has 0 aliphatic carbocycles. The van der Waals surface area contributed by atoms with E-state index in [9.17, 15) is 0 Å². The maximum atomic E-state index is 5.92. The molecule has 0 bridgehead atoms. The Morgan fingerprint density at radius 2 is 1.90 bits per heavy atom. The summed E-state index contributed by atoms with van der Waals surface area (Å²) >= 11 is 1.68. The third kappa shape index (κ3) is 4.62. The molecule has 4 rings (SSSR count). The minimum Gasteiger partial charge on any atom is -0.497 e. The zero-order chi connectivity index (χ0) is 20.2. The minimum absolute atomic E-state index is 0.254. The van der Waals surface area contributed by atoms with Crippen molar-refractivity contribution in [2.45, 2.75) is 45.3 Å². The van der Waals surface area contributed by atoms with Gasteiger partial charge in [0.15, 0.2) is 4.80 Å². The molecule has 3 aromatic rings. The number of methoxy groups -OCH3 is 1. The predicted molar refractivity (Wildman–Crippen MR) is 119 cm³/mol. The lowest BCUT2D eigenvalue weighted by Crippen LogP contribution is -2.24. The first kappa shape index (κ1) is 19.9. The maximum absolute atomic E-state index is 5.92. The Kier molecular flexibility index (Phi) is 6.16. The summed E-state index contributed by atoms with van der Waals surface area (Å²) in [7, 11) is 1.69. The summed E-state index contributed by atoms with van der Waals surface area (Å²) in [5.74, 6) is 1.39. The molecule has 0 spiro atoms. The number of ether oxygens (including phenoxy) is 2. The van der Waals surface area contributed by atoms with E-state index >= 15 is 0 Å². The average Bonchev–Trinajstić information content (AvgIpc) is 3.39. The minimum atomic E-state index is 0.254. The SMILES string of the molecule is COc1ccc(-c2csc(=Nc3ccc(C(C)C)cc3)n2CC2CCCO2)cc1. The monoisotopic (exact) mass is 408 g/mol. The standard InChI is InChI=1S/C24H28N2O2S/c1-17(2)18-6-10-20(11-7-18)25-24-26(15-22-5-4-14-28-22)23(16-29-24)19-8-12-21(27-3)13-9-19/h6-13,16-17,22H,4-5,14-15H2,1-3H3. The molecular weight excluding hydrogens is 380 g/mol. The second kappa shape index (κ2) is 8.97. The number of rotatable bonds is 6. The fraction of sp³-hybridized carbons (Fsp3) is 0.375. The van der Waals surface area contributed by atoms with E-state index in [1.807, 2.05) is 12.1 Å². The van der Waals surface area contributed by atoms with E-state index in [4.69, 9.17) is 14.5 Å². The molecular formula is C24H28N2O2S. The van der Waals surface area contributed by atoms with Crippen LogP contribution < -0.4 is 9.54 Å². The van der Waals surface area contributed by atoms with E-state index in [1.165, 1.54) is 11.3 Å². The van der Waals surface area contributed by atoms with Crippen LogP contribution in [0.1, 0.15) is 38.2 Å². The van der Waals surface area contributed by atoms with E-state index in [2.05, 4.69) is 60.2 Å². The van der Waals surface area contributed by atoms with Gasteiger partial charge >= 0.3 is 0 Å². The first-order valence-electron chi connectivity index (χ1n) is 10.2. The number of hydrogen-bond donors (Lipinski definition) is 0. The molecule has 1 saturated heterocycles. The fourth-order valence-corrected chi connectivity index (χ4v) is 4.56. The second-order valence-corrected chi connectivity index (χ2v) is 8.57. The zero-order valence-electron chi connectivity index (χ0n) is 17.3. The number of nitrogens with zero attached hydrogens (tertiary/aromatic N) is 2. The molecule has 0 saturated carbocycles. The zero-order valence-corrected chi connectivity index (χ0v) is 18.1. The Bertz CT molecular complexity index is 995. The Labute approximate surface area is 176 Å². The van der Waals surface area contributed by atoms with Crippen molar-refractivity contribution < 1.29 is 9.47 Å². The van der Waals surface area contributed by atoms with Crippen LogP contribution in [0.3, 0.4) is 0 Å². The van der Waals surface area contributed by atoms with Gasteiger partial charge in [0.05, 0.1) is 31.1 Å². The molecule has 0 amide bonds. The number of aromatic nitrogens is 1. The largest absolute Gasteiger partial charge is 0.497 e. The number of hydrogen-bond acceptors (Lipinski definition) is 4. The van der Waals surface area contributed by atoms with Crippen molar-refractivity contribution in [3.8, 4) is 17.0 Å². The van der Waals surface area contributed by atoms with Gasteiger partial charge in [-0.15, -0.1) is 11.3 Å². The summed E-state index contributed by atoms with van der Waals surface area (Å²) in [5.41, 5.74) is 4.65. The maximum Gasteiger partial charge on any atom is 0.190 e. The first-order chi connectivity index (χ1) is 14.1. The lowest BCUT2D eigenvalue weighted by molar-refractivity contribution is 0.0968. The fourth-order valence-electron chi connectivity index (χ4n) is 3.62. The third-order valence-electron chi connectivity index (χ3n) is 5.38. The van der Waals surface area contributed by atoms with Crippen LogP contribution in [0.15, 0.2) is 58.9 Å². The van der Waals surface area contributed by atoms with Crippen molar-refractivity contribution in [1.29, 1.82) is 0 Å². The second-order valence-electron chi connectivity index (χ2n) is 7.74. The molecule has 1 unspecified atom stereocenters. The Morgan fingerprint density at radius 3 is 2.52 bits per heavy atom. The van der Waals surface area contributed by atoms with Gasteiger partial charge in [0, 0.05) is 12.0 Å². The quantitative estimate of drug-likeness (QED) is 0.520. The van der Waals surface area contributed by atoms with Crippen molar-refractivity contribution in [2.75, 3.05) is 13.7 Å². The summed E-state index contributed by atoms with van der Waals surface area (Å²) in [5, 5.41) is 2.19. The van der Waals surface area contributed by atoms with E-state index in [0.29, 0.717) is 5.92 Å². The summed E-state index contributed by atoms with van der Waals surface area (Å²) in [6.07, 6.45) is 2.49. The normalized spacial score (nSPS) is 17.2. The van der Waals surface area contributed by atoms with E-state index in [0.717, 1.165) is 47.8 Å². The smallest absolute Gasteiger partial charge is 0.190 e. The molecule has 152 valence electrons. The summed E-state index contributed by atoms with van der Waals surface area (Å²) in [6, 6.07) is 16.8. The topological polar surface area (TPSA) is 35.8 Å². The van der Waals surface area contributed by atoms with Gasteiger partial charge in [0.25, 0.3) is 0 Å². The van der Waals surface area contributed by atoms with Gasteiger partial charge in [-0.05, 0) is 66.3 Å². The van der Waals surface area contributed by atoms with Gasteiger partial charge in [0.2, 0.25) is 0 Å². The summed E-state index contributed by atoms with van der Waals surface area (Å²) in [6.45, 7) is 6.11. The van der Waals surface area contributed by atoms with Crippen LogP contribution in [-0.2, 0) is 11.3 Å². The first-order valence-corrected chi connectivity index (χ1v) is 11.1. The molecule has 4 nitrogen and oxygen atoms in total. The molecule has 1 aliphatic heterocycles. The highest BCUT2D eigenvalue weighted by molar-refractivity contribution is 7.07. The van der Waals surface area contributed by atoms with Crippen LogP contribution in [-0.4, -0.2) is 24.4 Å². The van der Waals surface area contributed by atoms with Crippen LogP contribution in [0.2, 0.25) is 0 Å². The van der Waals surface area contributed by atoms with Crippen molar-refractivity contribution in [3.63, 3.8) is 0 Å². The van der Waals surface area contributed by atoms with Crippen molar-refractivity contribution >= 4 is 17.0 Å². The summed E-state index contributed by atoms with van der Waals surface area (Å²) in [4.78, 5) is 5.97. The predicted octanol–water partition coefficient (Wildman–Crippen LogP) is 5.76. The molecule has 1 atom stereocenters. The van der Waals surface area contributed by atoms with Crippen LogP contribution in [0.4, 0.5) is 5.69 Å². The van der Waals surface area contributed by atoms with Crippen molar-refractivity contribution in [3.05, 3.63) is 64.3 Å². The lowest BCUT2D eigenvalue weighted by atomic mass is 10.0. The molecule has 1 aliphatic rings. The Balaban J connectivity index is 1.73. The highest BCUT2D eigenvalue weighted by Gasteiger charge is 2.19. The van der Waals surface area contributed by atoms with Crippen LogP contribution >= 0.6 is 11.3 Å². The van der Waals surface area contributed by atoms with E-state index in [-0.39, 0.29) is 6.10 Å². The molecule has 0 radical (unpaired) electrons. The van der Waals surface area contributed by atoms with Crippen molar-refractivity contribution in [1.82, 2.24) is 4.57 Å². The Hall–Kier alpha value is -2.37. The van der Waals surface area contributed by atoms with Crippen LogP contribution in [0.25, 0.3) is 11.3 Å². The van der Waals surface area contributed by atoms with E-state index in [1.54, 1.807) is 18.4 Å². The van der Waals surface area contributed by atoms with E-state index < -0.39 is 0 Å². The molecule has 1 aromatic heterocycles. The van der Waals surface area contributed by atoms with Gasteiger partial charge in [-0.25, -0.2) is 4.99 Å². The van der Waals surface area contributed by atoms with Crippen molar-refractivity contribution in [2.24, 2.45) is 4.99 Å².